The topological polar surface area (TPSA) is 16.4 Å². The monoisotopic (exact) mass is 719 g/mol. The summed E-state index contributed by atoms with van der Waals surface area (Å²) in [5, 5.41) is 7.36. The Morgan fingerprint density at radius 2 is 0.909 bits per heavy atom. The Morgan fingerprint density at radius 1 is 0.364 bits per heavy atom. The number of fused-ring (bicyclic) bond motifs is 7. The fourth-order valence-electron chi connectivity index (χ4n) is 8.31. The first kappa shape index (κ1) is 31.6. The number of para-hydroxylation sites is 3. The lowest BCUT2D eigenvalue weighted by atomic mass is 9.97. The zero-order valence-corrected chi connectivity index (χ0v) is 30.6. The van der Waals surface area contributed by atoms with E-state index in [1.54, 1.807) is 0 Å². The van der Waals surface area contributed by atoms with Crippen molar-refractivity contribution < 1.29 is 4.42 Å². The molecule has 2 nitrogen and oxygen atoms in total. The van der Waals surface area contributed by atoms with Crippen LogP contribution in [0.1, 0.15) is 0 Å². The smallest absolute Gasteiger partial charge is 0.143 e. The number of furan rings is 1. The molecule has 0 saturated carbocycles. The van der Waals surface area contributed by atoms with Gasteiger partial charge in [-0.3, -0.25) is 0 Å². The van der Waals surface area contributed by atoms with Crippen molar-refractivity contribution in [3.63, 3.8) is 0 Å². The molecule has 0 N–H and O–H groups in total. The largest absolute Gasteiger partial charge is 0.455 e. The third kappa shape index (κ3) is 5.24. The summed E-state index contributed by atoms with van der Waals surface area (Å²) in [5.74, 6) is 0. The molecule has 0 saturated heterocycles. The average Bonchev–Trinajstić information content (AvgIpc) is 3.83. The number of benzene rings is 9. The molecule has 0 bridgehead atoms. The Kier molecular flexibility index (Phi) is 7.39. The molecule has 0 fully saturated rings. The van der Waals surface area contributed by atoms with Gasteiger partial charge in [0.2, 0.25) is 0 Å². The number of hydrogen-bond acceptors (Lipinski definition) is 3. The van der Waals surface area contributed by atoms with Gasteiger partial charge in [0.1, 0.15) is 11.2 Å². The molecule has 55 heavy (non-hydrogen) atoms. The van der Waals surface area contributed by atoms with Gasteiger partial charge < -0.3 is 9.32 Å². The highest BCUT2D eigenvalue weighted by atomic mass is 32.1. The van der Waals surface area contributed by atoms with E-state index >= 15 is 0 Å². The summed E-state index contributed by atoms with van der Waals surface area (Å²) in [4.78, 5) is 2.38. The van der Waals surface area contributed by atoms with Crippen molar-refractivity contribution >= 4 is 81.3 Å². The molecule has 258 valence electrons. The molecule has 0 aliphatic rings. The van der Waals surface area contributed by atoms with E-state index in [0.717, 1.165) is 50.1 Å². The molecule has 11 rings (SSSR count). The summed E-state index contributed by atoms with van der Waals surface area (Å²) in [6.45, 7) is 0. The first-order chi connectivity index (χ1) is 27.3. The number of anilines is 3. The van der Waals surface area contributed by atoms with Crippen LogP contribution in [-0.2, 0) is 0 Å². The quantitative estimate of drug-likeness (QED) is 0.170. The van der Waals surface area contributed by atoms with Crippen LogP contribution in [0.2, 0.25) is 0 Å². The van der Waals surface area contributed by atoms with Crippen LogP contribution in [0.5, 0.6) is 0 Å². The molecule has 3 heteroatoms. The zero-order chi connectivity index (χ0) is 36.3. The summed E-state index contributed by atoms with van der Waals surface area (Å²) in [5.41, 5.74) is 12.1. The maximum Gasteiger partial charge on any atom is 0.143 e. The van der Waals surface area contributed by atoms with E-state index in [4.69, 9.17) is 4.42 Å². The van der Waals surface area contributed by atoms with E-state index in [-0.39, 0.29) is 0 Å². The normalized spacial score (nSPS) is 11.6. The average molecular weight is 720 g/mol. The SMILES string of the molecule is c1ccc(N(c2ccc(-c3cccc4ccccc34)cc2)c2ccc(-c3cccc4c3sc3ccccc34)cc2)c(-c2cccc3c2oc2ccccc23)c1. The van der Waals surface area contributed by atoms with Crippen LogP contribution in [0.3, 0.4) is 0 Å². The van der Waals surface area contributed by atoms with Crippen molar-refractivity contribution in [3.05, 3.63) is 200 Å². The highest BCUT2D eigenvalue weighted by Crippen LogP contribution is 2.46. The van der Waals surface area contributed by atoms with Crippen LogP contribution in [0, 0.1) is 0 Å². The van der Waals surface area contributed by atoms with E-state index in [1.165, 1.54) is 53.2 Å². The van der Waals surface area contributed by atoms with Crippen molar-refractivity contribution in [2.24, 2.45) is 0 Å². The molecule has 0 radical (unpaired) electrons. The van der Waals surface area contributed by atoms with Crippen LogP contribution in [-0.4, -0.2) is 0 Å². The van der Waals surface area contributed by atoms with E-state index in [9.17, 15) is 0 Å². The van der Waals surface area contributed by atoms with Gasteiger partial charge in [-0.1, -0.05) is 158 Å². The van der Waals surface area contributed by atoms with Crippen molar-refractivity contribution in [2.75, 3.05) is 4.90 Å². The summed E-state index contributed by atoms with van der Waals surface area (Å²) in [6.07, 6.45) is 0. The number of rotatable bonds is 6. The Morgan fingerprint density at radius 3 is 1.73 bits per heavy atom. The Bertz CT molecular complexity index is 3200. The van der Waals surface area contributed by atoms with Gasteiger partial charge in [-0.15, -0.1) is 11.3 Å². The molecule has 2 heterocycles. The summed E-state index contributed by atoms with van der Waals surface area (Å²) in [6, 6.07) is 72.1. The molecule has 2 aromatic heterocycles. The third-order valence-electron chi connectivity index (χ3n) is 10.9. The zero-order valence-electron chi connectivity index (χ0n) is 29.8. The predicted molar refractivity (Wildman–Crippen MR) is 235 cm³/mol. The first-order valence-electron chi connectivity index (χ1n) is 18.7. The fraction of sp³-hybridized carbons (Fsp3) is 0. The van der Waals surface area contributed by atoms with E-state index in [1.807, 2.05) is 17.4 Å². The standard InChI is InChI=1S/C52H33NOS/c1-2-14-39-34(12-1)13-9-18-40(39)35-26-30-37(31-27-35)53(38-32-28-36(29-33-38)41-19-10-22-47-44-17-5-8-25-50(44)55-52(41)47)48-23-6-3-15-42(48)45-20-11-21-46-43-16-4-7-24-49(43)54-51(45)46/h1-33H. The van der Waals surface area contributed by atoms with Gasteiger partial charge in [-0.25, -0.2) is 0 Å². The second-order valence-electron chi connectivity index (χ2n) is 14.0. The Labute approximate surface area is 322 Å². The van der Waals surface area contributed by atoms with Gasteiger partial charge in [0.05, 0.1) is 5.69 Å². The minimum absolute atomic E-state index is 0.896. The van der Waals surface area contributed by atoms with Gasteiger partial charge >= 0.3 is 0 Å². The Hall–Kier alpha value is -6.94. The number of thiophene rings is 1. The molecule has 0 atom stereocenters. The second kappa shape index (κ2) is 12.9. The van der Waals surface area contributed by atoms with Crippen LogP contribution < -0.4 is 4.90 Å². The van der Waals surface area contributed by atoms with Gasteiger partial charge in [0, 0.05) is 53.4 Å². The third-order valence-corrected chi connectivity index (χ3v) is 12.1. The van der Waals surface area contributed by atoms with Gasteiger partial charge in [0.25, 0.3) is 0 Å². The molecule has 0 amide bonds. The van der Waals surface area contributed by atoms with Gasteiger partial charge in [0.15, 0.2) is 0 Å². The van der Waals surface area contributed by atoms with E-state index in [2.05, 4.69) is 199 Å². The molecular weight excluding hydrogens is 687 g/mol. The van der Waals surface area contributed by atoms with E-state index in [0.29, 0.717) is 0 Å². The number of hydrogen-bond donors (Lipinski definition) is 0. The summed E-state index contributed by atoms with van der Waals surface area (Å²) >= 11 is 1.87. The minimum atomic E-state index is 0.896. The van der Waals surface area contributed by atoms with Gasteiger partial charge in [-0.05, 0) is 75.5 Å². The fourth-order valence-corrected chi connectivity index (χ4v) is 9.55. The molecule has 0 aliphatic heterocycles. The molecule has 11 aromatic rings. The summed E-state index contributed by atoms with van der Waals surface area (Å²) < 4.78 is 9.22. The van der Waals surface area contributed by atoms with Crippen molar-refractivity contribution in [2.45, 2.75) is 0 Å². The lowest BCUT2D eigenvalue weighted by Crippen LogP contribution is -2.11. The minimum Gasteiger partial charge on any atom is -0.455 e. The molecule has 9 aromatic carbocycles. The maximum atomic E-state index is 6.59. The second-order valence-corrected chi connectivity index (χ2v) is 15.1. The molecule has 0 aliphatic carbocycles. The molecule has 0 spiro atoms. The van der Waals surface area contributed by atoms with Crippen molar-refractivity contribution in [1.82, 2.24) is 0 Å². The highest BCUT2D eigenvalue weighted by Gasteiger charge is 2.21. The van der Waals surface area contributed by atoms with Crippen LogP contribution in [0.4, 0.5) is 17.1 Å². The van der Waals surface area contributed by atoms with Crippen LogP contribution >= 0.6 is 11.3 Å². The van der Waals surface area contributed by atoms with E-state index < -0.39 is 0 Å². The molecular formula is C52H33NOS. The maximum absolute atomic E-state index is 6.59. The van der Waals surface area contributed by atoms with Crippen LogP contribution in [0.15, 0.2) is 205 Å². The van der Waals surface area contributed by atoms with Crippen molar-refractivity contribution in [3.8, 4) is 33.4 Å². The summed E-state index contributed by atoms with van der Waals surface area (Å²) in [7, 11) is 0. The predicted octanol–water partition coefficient (Wildman–Crippen LogP) is 15.6. The van der Waals surface area contributed by atoms with Crippen LogP contribution in [0.25, 0.3) is 86.3 Å². The van der Waals surface area contributed by atoms with Crippen molar-refractivity contribution in [1.29, 1.82) is 0 Å². The lowest BCUT2D eigenvalue weighted by molar-refractivity contribution is 0.670. The Balaban J connectivity index is 1.08. The highest BCUT2D eigenvalue weighted by molar-refractivity contribution is 7.26. The lowest BCUT2D eigenvalue weighted by Gasteiger charge is -2.28. The number of nitrogens with zero attached hydrogens (tertiary/aromatic N) is 1. The molecule has 0 unspecified atom stereocenters. The first-order valence-corrected chi connectivity index (χ1v) is 19.5. The van der Waals surface area contributed by atoms with Gasteiger partial charge in [-0.2, -0.15) is 0 Å².